The highest BCUT2D eigenvalue weighted by Gasteiger charge is 2.27. The molecule has 1 fully saturated rings. The van der Waals surface area contributed by atoms with E-state index >= 15 is 0 Å². The van der Waals surface area contributed by atoms with Crippen LogP contribution in [0.5, 0.6) is 0 Å². The fraction of sp³-hybridized carbons (Fsp3) is 0.250. The summed E-state index contributed by atoms with van der Waals surface area (Å²) >= 11 is 0. The number of carbonyl (C=O) groups excluding carboxylic acids is 2. The summed E-state index contributed by atoms with van der Waals surface area (Å²) in [4.78, 5) is 28.2. The minimum Gasteiger partial charge on any atom is -0.346 e. The first kappa shape index (κ1) is 27.6. The third kappa shape index (κ3) is 6.41. The van der Waals surface area contributed by atoms with Crippen molar-refractivity contribution in [2.45, 2.75) is 23.7 Å². The van der Waals surface area contributed by atoms with Gasteiger partial charge in [0.15, 0.2) is 0 Å². The summed E-state index contributed by atoms with van der Waals surface area (Å²) in [5.41, 5.74) is 1.73. The normalized spacial score (nSPS) is 14.4. The standard InChI is InChI=1S/C32H33N3O4S/c36-30(23-33-32(37)31(26-11-3-1-4-12-26)27-13-5-2-6-14-27)35-20-18-24(19-21-35)22-34-40(38,39)29-17-9-15-25-10-7-8-16-28(25)29/h1-17,24,31,34H,18-23H2,(H,33,37). The molecule has 0 aromatic heterocycles. The van der Waals surface area contributed by atoms with Crippen LogP contribution in [-0.2, 0) is 19.6 Å². The molecule has 4 aromatic carbocycles. The van der Waals surface area contributed by atoms with E-state index in [9.17, 15) is 18.0 Å². The van der Waals surface area contributed by atoms with Crippen molar-refractivity contribution in [3.63, 3.8) is 0 Å². The van der Waals surface area contributed by atoms with Crippen LogP contribution in [0.1, 0.15) is 29.9 Å². The van der Waals surface area contributed by atoms with Crippen LogP contribution in [0.15, 0.2) is 108 Å². The van der Waals surface area contributed by atoms with Gasteiger partial charge in [-0.2, -0.15) is 0 Å². The minimum absolute atomic E-state index is 0.0760. The largest absolute Gasteiger partial charge is 0.346 e. The van der Waals surface area contributed by atoms with E-state index in [1.54, 1.807) is 17.0 Å². The molecule has 8 heteroatoms. The third-order valence-corrected chi connectivity index (χ3v) is 8.99. The number of likely N-dealkylation sites (tertiary alicyclic amines) is 1. The molecule has 7 nitrogen and oxygen atoms in total. The Bertz CT molecular complexity index is 1520. The second-order valence-electron chi connectivity index (χ2n) is 10.1. The molecule has 0 radical (unpaired) electrons. The van der Waals surface area contributed by atoms with Crippen LogP contribution in [0, 0.1) is 5.92 Å². The fourth-order valence-corrected chi connectivity index (χ4v) is 6.63. The molecular formula is C32H33N3O4S. The molecule has 0 atom stereocenters. The van der Waals surface area contributed by atoms with Crippen LogP contribution >= 0.6 is 0 Å². The van der Waals surface area contributed by atoms with Crippen LogP contribution in [-0.4, -0.2) is 51.3 Å². The van der Waals surface area contributed by atoms with Crippen molar-refractivity contribution in [3.05, 3.63) is 114 Å². The van der Waals surface area contributed by atoms with Crippen LogP contribution < -0.4 is 10.0 Å². The van der Waals surface area contributed by atoms with Gasteiger partial charge in [-0.15, -0.1) is 0 Å². The molecule has 4 aromatic rings. The van der Waals surface area contributed by atoms with Crippen LogP contribution in [0.2, 0.25) is 0 Å². The second-order valence-corrected chi connectivity index (χ2v) is 11.9. The Morgan fingerprint density at radius 1 is 0.775 bits per heavy atom. The fourth-order valence-electron chi connectivity index (χ4n) is 5.28. The first-order chi connectivity index (χ1) is 19.4. The summed E-state index contributed by atoms with van der Waals surface area (Å²) in [6.45, 7) is 1.29. The van der Waals surface area contributed by atoms with Crippen molar-refractivity contribution in [3.8, 4) is 0 Å². The van der Waals surface area contributed by atoms with Gasteiger partial charge in [0.05, 0.1) is 17.4 Å². The zero-order valence-corrected chi connectivity index (χ0v) is 23.0. The zero-order valence-electron chi connectivity index (χ0n) is 22.2. The number of hydrogen-bond donors (Lipinski definition) is 2. The smallest absolute Gasteiger partial charge is 0.241 e. The molecule has 0 saturated carbocycles. The topological polar surface area (TPSA) is 95.6 Å². The van der Waals surface area contributed by atoms with E-state index in [1.807, 2.05) is 91.0 Å². The van der Waals surface area contributed by atoms with Gasteiger partial charge in [0.2, 0.25) is 21.8 Å². The number of nitrogens with zero attached hydrogens (tertiary/aromatic N) is 1. The number of carbonyl (C=O) groups is 2. The summed E-state index contributed by atoms with van der Waals surface area (Å²) in [6.07, 6.45) is 1.38. The van der Waals surface area contributed by atoms with Gasteiger partial charge in [0.25, 0.3) is 0 Å². The van der Waals surface area contributed by atoms with E-state index in [2.05, 4.69) is 10.0 Å². The van der Waals surface area contributed by atoms with Crippen molar-refractivity contribution in [1.29, 1.82) is 0 Å². The van der Waals surface area contributed by atoms with E-state index in [4.69, 9.17) is 0 Å². The molecule has 40 heavy (non-hydrogen) atoms. The van der Waals surface area contributed by atoms with Gasteiger partial charge >= 0.3 is 0 Å². The van der Waals surface area contributed by atoms with Crippen molar-refractivity contribution < 1.29 is 18.0 Å². The summed E-state index contributed by atoms with van der Waals surface area (Å²) in [6, 6.07) is 31.8. The lowest BCUT2D eigenvalue weighted by molar-refractivity contribution is -0.134. The maximum atomic E-state index is 13.2. The molecule has 1 aliphatic rings. The average molecular weight is 556 g/mol. The number of sulfonamides is 1. The first-order valence-electron chi connectivity index (χ1n) is 13.6. The van der Waals surface area contributed by atoms with E-state index < -0.39 is 15.9 Å². The number of nitrogens with one attached hydrogen (secondary N) is 2. The van der Waals surface area contributed by atoms with Crippen molar-refractivity contribution >= 4 is 32.6 Å². The molecule has 1 saturated heterocycles. The predicted molar refractivity (Wildman–Crippen MR) is 156 cm³/mol. The Balaban J connectivity index is 1.13. The van der Waals surface area contributed by atoms with Crippen LogP contribution in [0.4, 0.5) is 0 Å². The summed E-state index contributed by atoms with van der Waals surface area (Å²) < 4.78 is 28.9. The lowest BCUT2D eigenvalue weighted by Crippen LogP contribution is -2.46. The SMILES string of the molecule is O=C(NCC(=O)N1CCC(CNS(=O)(=O)c2cccc3ccccc23)CC1)C(c1ccccc1)c1ccccc1. The van der Waals surface area contributed by atoms with Gasteiger partial charge in [0.1, 0.15) is 0 Å². The lowest BCUT2D eigenvalue weighted by Gasteiger charge is -2.32. The van der Waals surface area contributed by atoms with Gasteiger partial charge in [-0.1, -0.05) is 97.1 Å². The van der Waals surface area contributed by atoms with E-state index in [-0.39, 0.29) is 29.2 Å². The number of fused-ring (bicyclic) bond motifs is 1. The van der Waals surface area contributed by atoms with E-state index in [0.717, 1.165) is 16.5 Å². The third-order valence-electron chi connectivity index (χ3n) is 7.51. The number of rotatable bonds is 9. The molecule has 0 unspecified atom stereocenters. The Morgan fingerprint density at radius 2 is 1.35 bits per heavy atom. The highest BCUT2D eigenvalue weighted by atomic mass is 32.2. The number of piperidine rings is 1. The molecular weight excluding hydrogens is 522 g/mol. The van der Waals surface area contributed by atoms with Crippen molar-refractivity contribution in [1.82, 2.24) is 14.9 Å². The van der Waals surface area contributed by atoms with Crippen LogP contribution in [0.3, 0.4) is 0 Å². The molecule has 1 heterocycles. The van der Waals surface area contributed by atoms with Gasteiger partial charge in [0, 0.05) is 25.0 Å². The Morgan fingerprint density at radius 3 is 2.00 bits per heavy atom. The Labute approximate surface area is 235 Å². The highest BCUT2D eigenvalue weighted by Crippen LogP contribution is 2.25. The molecule has 0 aliphatic carbocycles. The van der Waals surface area contributed by atoms with Crippen molar-refractivity contribution in [2.24, 2.45) is 5.92 Å². The maximum Gasteiger partial charge on any atom is 0.241 e. The van der Waals surface area contributed by atoms with Gasteiger partial charge in [-0.3, -0.25) is 9.59 Å². The average Bonchev–Trinajstić information content (AvgIpc) is 3.00. The molecule has 2 amide bonds. The molecule has 2 N–H and O–H groups in total. The van der Waals surface area contributed by atoms with E-state index in [1.165, 1.54) is 0 Å². The first-order valence-corrected chi connectivity index (χ1v) is 15.0. The second kappa shape index (κ2) is 12.4. The molecule has 1 aliphatic heterocycles. The Hall–Kier alpha value is -4.01. The summed E-state index contributed by atoms with van der Waals surface area (Å²) in [5, 5.41) is 4.42. The quantitative estimate of drug-likeness (QED) is 0.322. The van der Waals surface area contributed by atoms with Crippen molar-refractivity contribution in [2.75, 3.05) is 26.2 Å². The van der Waals surface area contributed by atoms with Crippen LogP contribution in [0.25, 0.3) is 10.8 Å². The van der Waals surface area contributed by atoms with Gasteiger partial charge in [-0.25, -0.2) is 13.1 Å². The summed E-state index contributed by atoms with van der Waals surface area (Å²) in [5.74, 6) is -0.730. The van der Waals surface area contributed by atoms with Gasteiger partial charge in [-0.05, 0) is 41.3 Å². The molecule has 0 bridgehead atoms. The number of hydrogen-bond acceptors (Lipinski definition) is 4. The Kier molecular flexibility index (Phi) is 8.57. The minimum atomic E-state index is -3.67. The van der Waals surface area contributed by atoms with Gasteiger partial charge < -0.3 is 10.2 Å². The monoisotopic (exact) mass is 555 g/mol. The molecule has 206 valence electrons. The predicted octanol–water partition coefficient (Wildman–Crippen LogP) is 4.31. The summed E-state index contributed by atoms with van der Waals surface area (Å²) in [7, 11) is -3.67. The number of benzene rings is 4. The lowest BCUT2D eigenvalue weighted by atomic mass is 9.90. The number of amides is 2. The van der Waals surface area contributed by atoms with E-state index in [0.29, 0.717) is 37.9 Å². The molecule has 5 rings (SSSR count). The zero-order chi connectivity index (χ0) is 28.0. The molecule has 0 spiro atoms. The maximum absolute atomic E-state index is 13.2. The highest BCUT2D eigenvalue weighted by molar-refractivity contribution is 7.89.